The van der Waals surface area contributed by atoms with Crippen LogP contribution in [0.2, 0.25) is 0 Å². The molecule has 0 heterocycles. The van der Waals surface area contributed by atoms with E-state index in [-0.39, 0.29) is 0 Å². The first-order valence-electron chi connectivity index (χ1n) is 3.56. The molecular formula is C7H11NO4S. The summed E-state index contributed by atoms with van der Waals surface area (Å²) in [7, 11) is -2.66. The van der Waals surface area contributed by atoms with Gasteiger partial charge in [0, 0.05) is 7.11 Å². The van der Waals surface area contributed by atoms with E-state index >= 15 is 0 Å². The van der Waals surface area contributed by atoms with E-state index in [0.717, 1.165) is 0 Å². The molecule has 5 nitrogen and oxygen atoms in total. The lowest BCUT2D eigenvalue weighted by Crippen LogP contribution is -2.40. The van der Waals surface area contributed by atoms with Gasteiger partial charge in [0.25, 0.3) is 10.1 Å². The summed E-state index contributed by atoms with van der Waals surface area (Å²) < 4.78 is 34.9. The highest BCUT2D eigenvalue weighted by atomic mass is 32.2. The molecule has 0 unspecified atom stereocenters. The van der Waals surface area contributed by atoms with Gasteiger partial charge < -0.3 is 4.74 Å². The van der Waals surface area contributed by atoms with Crippen LogP contribution in [-0.2, 0) is 14.9 Å². The van der Waals surface area contributed by atoms with E-state index in [1.165, 1.54) is 31.4 Å². The normalized spacial score (nSPS) is 33.6. The fourth-order valence-corrected chi connectivity index (χ4v) is 1.50. The monoisotopic (exact) mass is 205 g/mol. The third kappa shape index (κ3) is 2.38. The number of methoxy groups -OCH3 is 1. The molecule has 0 amide bonds. The zero-order chi connectivity index (χ0) is 10.1. The minimum absolute atomic E-state index is 1.03. The van der Waals surface area contributed by atoms with Gasteiger partial charge in [0.05, 0.1) is 0 Å². The lowest BCUT2D eigenvalue weighted by molar-refractivity contribution is 0.0788. The van der Waals surface area contributed by atoms with Gasteiger partial charge in [0.2, 0.25) is 0 Å². The molecule has 0 saturated carbocycles. The molecule has 0 bridgehead atoms. The third-order valence-electron chi connectivity index (χ3n) is 1.79. The van der Waals surface area contributed by atoms with Crippen molar-refractivity contribution < 1.29 is 17.7 Å². The first kappa shape index (κ1) is 10.4. The van der Waals surface area contributed by atoms with E-state index in [1.54, 1.807) is 0 Å². The van der Waals surface area contributed by atoms with Crippen molar-refractivity contribution in [2.45, 2.75) is 11.0 Å². The molecule has 0 radical (unpaired) electrons. The highest BCUT2D eigenvalue weighted by Gasteiger charge is 2.26. The Balaban J connectivity index is 2.87. The van der Waals surface area contributed by atoms with Crippen molar-refractivity contribution in [1.82, 2.24) is 0 Å². The van der Waals surface area contributed by atoms with Crippen LogP contribution in [0.3, 0.4) is 0 Å². The van der Waals surface area contributed by atoms with Gasteiger partial charge in [0.15, 0.2) is 5.72 Å². The van der Waals surface area contributed by atoms with Crippen LogP contribution in [0.1, 0.15) is 0 Å². The van der Waals surface area contributed by atoms with E-state index < -0.39 is 21.1 Å². The lowest BCUT2D eigenvalue weighted by atomic mass is 10.1. The molecule has 0 aromatic rings. The second-order valence-corrected chi connectivity index (χ2v) is 4.33. The van der Waals surface area contributed by atoms with Gasteiger partial charge in [-0.25, -0.2) is 0 Å². The average molecular weight is 205 g/mol. The molecule has 0 aromatic carbocycles. The molecule has 0 fully saturated rings. The first-order chi connectivity index (χ1) is 5.87. The fraction of sp³-hybridized carbons (Fsp3) is 0.429. The van der Waals surface area contributed by atoms with Gasteiger partial charge in [-0.1, -0.05) is 12.2 Å². The van der Waals surface area contributed by atoms with Crippen molar-refractivity contribution in [3.8, 4) is 0 Å². The van der Waals surface area contributed by atoms with Crippen LogP contribution in [-0.4, -0.2) is 31.1 Å². The van der Waals surface area contributed by atoms with Gasteiger partial charge in [0.1, 0.15) is 5.25 Å². The minimum atomic E-state index is -4.07. The Hall–Kier alpha value is -0.690. The van der Waals surface area contributed by atoms with Crippen LogP contribution in [0.4, 0.5) is 0 Å². The summed E-state index contributed by atoms with van der Waals surface area (Å²) in [4.78, 5) is 0. The number of rotatable bonds is 2. The maximum Gasteiger partial charge on any atom is 0.275 e. The predicted octanol–water partition coefficient (Wildman–Crippen LogP) is -0.330. The molecule has 6 heteroatoms. The molecular weight excluding hydrogens is 194 g/mol. The quantitative estimate of drug-likeness (QED) is 0.366. The third-order valence-corrected chi connectivity index (χ3v) is 2.79. The number of ether oxygens (including phenoxy) is 1. The topological polar surface area (TPSA) is 89.6 Å². The van der Waals surface area contributed by atoms with E-state index in [0.29, 0.717) is 0 Å². The summed E-state index contributed by atoms with van der Waals surface area (Å²) in [6, 6.07) is 0. The molecule has 0 saturated heterocycles. The van der Waals surface area contributed by atoms with Crippen LogP contribution in [0.5, 0.6) is 0 Å². The van der Waals surface area contributed by atoms with Crippen molar-refractivity contribution >= 4 is 10.1 Å². The van der Waals surface area contributed by atoms with E-state index in [1.807, 2.05) is 0 Å². The second kappa shape index (κ2) is 3.22. The van der Waals surface area contributed by atoms with Crippen LogP contribution < -0.4 is 5.73 Å². The number of nitrogens with two attached hydrogens (primary N) is 1. The Morgan fingerprint density at radius 1 is 1.46 bits per heavy atom. The predicted molar refractivity (Wildman–Crippen MR) is 47.5 cm³/mol. The Morgan fingerprint density at radius 2 is 1.92 bits per heavy atom. The van der Waals surface area contributed by atoms with E-state index in [2.05, 4.69) is 0 Å². The summed E-state index contributed by atoms with van der Waals surface area (Å²) in [6.07, 6.45) is 5.31. The highest BCUT2D eigenvalue weighted by Crippen LogP contribution is 2.16. The van der Waals surface area contributed by atoms with Crippen molar-refractivity contribution in [3.63, 3.8) is 0 Å². The first-order valence-corrected chi connectivity index (χ1v) is 5.07. The summed E-state index contributed by atoms with van der Waals surface area (Å²) in [5.41, 5.74) is 4.52. The van der Waals surface area contributed by atoms with Crippen molar-refractivity contribution in [2.24, 2.45) is 5.73 Å². The highest BCUT2D eigenvalue weighted by molar-refractivity contribution is 7.86. The molecule has 0 aliphatic heterocycles. The standard InChI is InChI=1S/C7H11NO4S/c1-12-7(8)4-2-6(3-5-7)13(9,10)11/h2-6H,8H2,1H3,(H,9,10,11). The van der Waals surface area contributed by atoms with Crippen molar-refractivity contribution in [2.75, 3.05) is 7.11 Å². The van der Waals surface area contributed by atoms with Gasteiger partial charge in [-0.05, 0) is 12.2 Å². The Kier molecular flexibility index (Phi) is 2.58. The van der Waals surface area contributed by atoms with Crippen LogP contribution in [0.15, 0.2) is 24.3 Å². The van der Waals surface area contributed by atoms with Crippen molar-refractivity contribution in [1.29, 1.82) is 0 Å². The summed E-state index contributed by atoms with van der Waals surface area (Å²) >= 11 is 0. The SMILES string of the molecule is COC1(N)C=CC(S(=O)(=O)O)C=C1. The summed E-state index contributed by atoms with van der Waals surface area (Å²) in [5.74, 6) is 0. The van der Waals surface area contributed by atoms with E-state index in [4.69, 9.17) is 15.0 Å². The van der Waals surface area contributed by atoms with Gasteiger partial charge in [-0.3, -0.25) is 10.3 Å². The van der Waals surface area contributed by atoms with Gasteiger partial charge in [-0.2, -0.15) is 8.42 Å². The number of hydrogen-bond acceptors (Lipinski definition) is 4. The molecule has 0 atom stereocenters. The Bertz CT molecular complexity index is 330. The molecule has 74 valence electrons. The lowest BCUT2D eigenvalue weighted by Gasteiger charge is -2.23. The molecule has 1 aliphatic rings. The minimum Gasteiger partial charge on any atom is -0.357 e. The Morgan fingerprint density at radius 3 is 2.23 bits per heavy atom. The Labute approximate surface area is 76.6 Å². The second-order valence-electron chi connectivity index (χ2n) is 2.76. The van der Waals surface area contributed by atoms with Crippen LogP contribution in [0.25, 0.3) is 0 Å². The smallest absolute Gasteiger partial charge is 0.275 e. The zero-order valence-electron chi connectivity index (χ0n) is 7.04. The summed E-state index contributed by atoms with van der Waals surface area (Å²) in [6.45, 7) is 0. The van der Waals surface area contributed by atoms with Gasteiger partial charge >= 0.3 is 0 Å². The van der Waals surface area contributed by atoms with Gasteiger partial charge in [-0.15, -0.1) is 0 Å². The number of hydrogen-bond donors (Lipinski definition) is 2. The molecule has 0 aromatic heterocycles. The van der Waals surface area contributed by atoms with E-state index in [9.17, 15) is 8.42 Å². The van der Waals surface area contributed by atoms with Crippen molar-refractivity contribution in [3.05, 3.63) is 24.3 Å². The summed E-state index contributed by atoms with van der Waals surface area (Å²) in [5, 5.41) is -1.03. The maximum absolute atomic E-state index is 10.7. The molecule has 0 spiro atoms. The zero-order valence-corrected chi connectivity index (χ0v) is 7.86. The fourth-order valence-electron chi connectivity index (χ4n) is 0.945. The molecule has 3 N–H and O–H groups in total. The van der Waals surface area contributed by atoms with Crippen LogP contribution in [0, 0.1) is 0 Å². The molecule has 13 heavy (non-hydrogen) atoms. The molecule has 1 rings (SSSR count). The largest absolute Gasteiger partial charge is 0.357 e. The maximum atomic E-state index is 10.7. The average Bonchev–Trinajstić information content (AvgIpc) is 2.04. The molecule has 1 aliphatic carbocycles. The van der Waals surface area contributed by atoms with Crippen LogP contribution >= 0.6 is 0 Å².